The van der Waals surface area contributed by atoms with Gasteiger partial charge in [0.25, 0.3) is 0 Å². The van der Waals surface area contributed by atoms with E-state index in [1.54, 1.807) is 0 Å². The van der Waals surface area contributed by atoms with Gasteiger partial charge < -0.3 is 9.53 Å². The predicted molar refractivity (Wildman–Crippen MR) is 56.8 cm³/mol. The minimum Gasteiger partial charge on any atom is -0.465 e. The van der Waals surface area contributed by atoms with E-state index in [2.05, 4.69) is 19.6 Å². The first kappa shape index (κ1) is 11.5. The number of hydrogen-bond donors (Lipinski definition) is 1. The lowest BCUT2D eigenvalue weighted by Crippen LogP contribution is -2.48. The highest BCUT2D eigenvalue weighted by Gasteiger charge is 2.30. The molecular weight excluding hydrogens is 198 g/mol. The molecule has 1 heterocycles. The minimum atomic E-state index is -1.64. The number of hydrogen-bond acceptors (Lipinski definition) is 2. The van der Waals surface area contributed by atoms with Crippen molar-refractivity contribution in [2.24, 2.45) is 0 Å². The SMILES string of the molecule is C[Si](C)(C)OC1CCCCN1C(=O)O. The van der Waals surface area contributed by atoms with Crippen LogP contribution in [-0.2, 0) is 4.43 Å². The van der Waals surface area contributed by atoms with Crippen LogP contribution in [0.15, 0.2) is 0 Å². The van der Waals surface area contributed by atoms with Crippen molar-refractivity contribution in [2.75, 3.05) is 6.54 Å². The van der Waals surface area contributed by atoms with Crippen LogP contribution >= 0.6 is 0 Å². The third-order valence-corrected chi connectivity index (χ3v) is 3.16. The van der Waals surface area contributed by atoms with Crippen LogP contribution in [0.5, 0.6) is 0 Å². The van der Waals surface area contributed by atoms with Crippen LogP contribution in [-0.4, -0.2) is 37.2 Å². The molecule has 1 aliphatic heterocycles. The van der Waals surface area contributed by atoms with Gasteiger partial charge in [-0.1, -0.05) is 0 Å². The Kier molecular flexibility index (Phi) is 3.55. The number of likely N-dealkylation sites (tertiary alicyclic amines) is 1. The van der Waals surface area contributed by atoms with Crippen LogP contribution in [0.3, 0.4) is 0 Å². The predicted octanol–water partition coefficient (Wildman–Crippen LogP) is 2.33. The van der Waals surface area contributed by atoms with Gasteiger partial charge in [-0.05, 0) is 38.9 Å². The average Bonchev–Trinajstić information content (AvgIpc) is 2.01. The van der Waals surface area contributed by atoms with E-state index in [-0.39, 0.29) is 6.23 Å². The Hall–Kier alpha value is -0.553. The van der Waals surface area contributed by atoms with Gasteiger partial charge in [0.15, 0.2) is 8.32 Å². The van der Waals surface area contributed by atoms with Crippen molar-refractivity contribution >= 4 is 14.4 Å². The second-order valence-electron chi connectivity index (χ2n) is 4.66. The zero-order chi connectivity index (χ0) is 10.8. The summed E-state index contributed by atoms with van der Waals surface area (Å²) < 4.78 is 5.84. The molecule has 1 rings (SSSR count). The molecule has 4 nitrogen and oxygen atoms in total. The number of nitrogens with zero attached hydrogens (tertiary/aromatic N) is 1. The second kappa shape index (κ2) is 4.31. The highest BCUT2D eigenvalue weighted by molar-refractivity contribution is 6.69. The van der Waals surface area contributed by atoms with Gasteiger partial charge in [-0.2, -0.15) is 0 Å². The van der Waals surface area contributed by atoms with E-state index < -0.39 is 14.4 Å². The van der Waals surface area contributed by atoms with E-state index in [9.17, 15) is 4.79 Å². The first-order valence-corrected chi connectivity index (χ1v) is 8.48. The molecule has 0 saturated carbocycles. The summed E-state index contributed by atoms with van der Waals surface area (Å²) in [5, 5.41) is 8.97. The highest BCUT2D eigenvalue weighted by Crippen LogP contribution is 2.21. The molecule has 1 N–H and O–H groups in total. The largest absolute Gasteiger partial charge is 0.465 e. The fourth-order valence-electron chi connectivity index (χ4n) is 1.65. The van der Waals surface area contributed by atoms with Crippen LogP contribution in [0.2, 0.25) is 19.6 Å². The van der Waals surface area contributed by atoms with Crippen molar-refractivity contribution in [3.05, 3.63) is 0 Å². The molecule has 0 aromatic heterocycles. The van der Waals surface area contributed by atoms with Crippen LogP contribution in [0.1, 0.15) is 19.3 Å². The lowest BCUT2D eigenvalue weighted by atomic mass is 10.1. The third kappa shape index (κ3) is 3.30. The molecule has 5 heteroatoms. The molecule has 1 atom stereocenters. The number of piperidine rings is 1. The van der Waals surface area contributed by atoms with E-state index in [1.807, 2.05) is 0 Å². The molecule has 1 unspecified atom stereocenters. The first-order valence-electron chi connectivity index (χ1n) is 5.07. The molecular formula is C9H19NO3Si. The zero-order valence-electron chi connectivity index (χ0n) is 9.12. The van der Waals surface area contributed by atoms with Gasteiger partial charge in [0, 0.05) is 6.54 Å². The summed E-state index contributed by atoms with van der Waals surface area (Å²) in [6, 6.07) is 0. The average molecular weight is 217 g/mol. The number of amides is 1. The van der Waals surface area contributed by atoms with Crippen molar-refractivity contribution < 1.29 is 14.3 Å². The molecule has 1 aliphatic rings. The van der Waals surface area contributed by atoms with Crippen LogP contribution in [0.25, 0.3) is 0 Å². The van der Waals surface area contributed by atoms with E-state index in [1.165, 1.54) is 4.90 Å². The monoisotopic (exact) mass is 217 g/mol. The Morgan fingerprint density at radius 1 is 1.43 bits per heavy atom. The molecule has 14 heavy (non-hydrogen) atoms. The standard InChI is InChI=1S/C9H19NO3Si/c1-14(2,3)13-8-6-4-5-7-10(8)9(11)12/h8H,4-7H2,1-3H3,(H,11,12). The Labute approximate surface area is 86.0 Å². The summed E-state index contributed by atoms with van der Waals surface area (Å²) in [5.41, 5.74) is 0. The number of carbonyl (C=O) groups is 1. The third-order valence-electron chi connectivity index (χ3n) is 2.18. The molecule has 0 aromatic rings. The lowest BCUT2D eigenvalue weighted by Gasteiger charge is -2.37. The van der Waals surface area contributed by atoms with Gasteiger partial charge in [0.1, 0.15) is 6.23 Å². The molecule has 82 valence electrons. The molecule has 0 radical (unpaired) electrons. The summed E-state index contributed by atoms with van der Waals surface area (Å²) in [6.45, 7) is 6.87. The maximum atomic E-state index is 10.9. The van der Waals surface area contributed by atoms with Gasteiger partial charge in [0.2, 0.25) is 0 Å². The Bertz CT molecular complexity index is 215. The van der Waals surface area contributed by atoms with Crippen molar-refractivity contribution in [1.82, 2.24) is 4.90 Å². The first-order chi connectivity index (χ1) is 6.40. The van der Waals surface area contributed by atoms with Crippen molar-refractivity contribution in [2.45, 2.75) is 45.1 Å². The number of rotatable bonds is 2. The summed E-state index contributed by atoms with van der Waals surface area (Å²) >= 11 is 0. The molecule has 1 amide bonds. The second-order valence-corrected chi connectivity index (χ2v) is 9.12. The fourth-order valence-corrected chi connectivity index (χ4v) is 2.71. The normalized spacial score (nSPS) is 23.6. The van der Waals surface area contributed by atoms with Gasteiger partial charge in [0.05, 0.1) is 0 Å². The summed E-state index contributed by atoms with van der Waals surface area (Å²) in [7, 11) is -1.64. The summed E-state index contributed by atoms with van der Waals surface area (Å²) in [4.78, 5) is 12.3. The Balaban J connectivity index is 2.59. The fraction of sp³-hybridized carbons (Fsp3) is 0.889. The van der Waals surface area contributed by atoms with Crippen LogP contribution < -0.4 is 0 Å². The van der Waals surface area contributed by atoms with E-state index in [4.69, 9.17) is 9.53 Å². The molecule has 1 fully saturated rings. The van der Waals surface area contributed by atoms with E-state index >= 15 is 0 Å². The molecule has 0 aromatic carbocycles. The van der Waals surface area contributed by atoms with E-state index in [0.717, 1.165) is 19.3 Å². The van der Waals surface area contributed by atoms with Crippen molar-refractivity contribution in [3.63, 3.8) is 0 Å². The van der Waals surface area contributed by atoms with Crippen molar-refractivity contribution in [3.8, 4) is 0 Å². The lowest BCUT2D eigenvalue weighted by molar-refractivity contribution is 0.00112. The van der Waals surface area contributed by atoms with Gasteiger partial charge >= 0.3 is 6.09 Å². The molecule has 1 saturated heterocycles. The van der Waals surface area contributed by atoms with Crippen molar-refractivity contribution in [1.29, 1.82) is 0 Å². The molecule has 0 bridgehead atoms. The van der Waals surface area contributed by atoms with Crippen LogP contribution in [0, 0.1) is 0 Å². The molecule has 0 aliphatic carbocycles. The molecule has 0 spiro atoms. The quantitative estimate of drug-likeness (QED) is 0.722. The zero-order valence-corrected chi connectivity index (χ0v) is 10.1. The Morgan fingerprint density at radius 3 is 2.57 bits per heavy atom. The topological polar surface area (TPSA) is 49.8 Å². The maximum absolute atomic E-state index is 10.9. The van der Waals surface area contributed by atoms with Gasteiger partial charge in [-0.3, -0.25) is 4.90 Å². The van der Waals surface area contributed by atoms with Gasteiger partial charge in [-0.25, -0.2) is 4.79 Å². The maximum Gasteiger partial charge on any atom is 0.409 e. The summed E-state index contributed by atoms with van der Waals surface area (Å²) in [5.74, 6) is 0. The minimum absolute atomic E-state index is 0.201. The smallest absolute Gasteiger partial charge is 0.409 e. The summed E-state index contributed by atoms with van der Waals surface area (Å²) in [6.07, 6.45) is 1.81. The highest BCUT2D eigenvalue weighted by atomic mass is 28.4. The number of carboxylic acid groups (broad SMARTS) is 1. The van der Waals surface area contributed by atoms with Crippen LogP contribution in [0.4, 0.5) is 4.79 Å². The van der Waals surface area contributed by atoms with Gasteiger partial charge in [-0.15, -0.1) is 0 Å². The Morgan fingerprint density at radius 2 is 2.07 bits per heavy atom. The van der Waals surface area contributed by atoms with E-state index in [0.29, 0.717) is 6.54 Å².